The van der Waals surface area contributed by atoms with E-state index in [0.717, 1.165) is 12.8 Å². The van der Waals surface area contributed by atoms with Crippen molar-refractivity contribution < 1.29 is 18.0 Å². The number of rotatable bonds is 6. The maximum absolute atomic E-state index is 12.0. The third-order valence-electron chi connectivity index (χ3n) is 2.05. The molecule has 0 heterocycles. The molecule has 0 spiro atoms. The zero-order valence-corrected chi connectivity index (χ0v) is 9.82. The standard InChI is InChI=1S/C11H18F3NO/c1-4-5-6-15-9(8(2)3)7-10(16)11(12,13)14/h7-8,15H,4-6H2,1-3H3/b9-7-. The number of ketones is 1. The van der Waals surface area contributed by atoms with Gasteiger partial charge in [-0.15, -0.1) is 0 Å². The van der Waals surface area contributed by atoms with E-state index >= 15 is 0 Å². The highest BCUT2D eigenvalue weighted by molar-refractivity contribution is 5.94. The SMILES string of the molecule is CCCCN/C(=C\C(=O)C(F)(F)F)C(C)C. The van der Waals surface area contributed by atoms with E-state index in [1.165, 1.54) is 0 Å². The zero-order chi connectivity index (χ0) is 12.8. The van der Waals surface area contributed by atoms with Gasteiger partial charge in [0.2, 0.25) is 0 Å². The minimum absolute atomic E-state index is 0.122. The van der Waals surface area contributed by atoms with Crippen molar-refractivity contribution in [3.8, 4) is 0 Å². The molecule has 0 bridgehead atoms. The van der Waals surface area contributed by atoms with E-state index in [1.807, 2.05) is 6.92 Å². The number of halogens is 3. The maximum Gasteiger partial charge on any atom is 0.454 e. The summed E-state index contributed by atoms with van der Waals surface area (Å²) < 4.78 is 36.1. The van der Waals surface area contributed by atoms with Crippen molar-refractivity contribution in [1.29, 1.82) is 0 Å². The average molecular weight is 237 g/mol. The lowest BCUT2D eigenvalue weighted by Gasteiger charge is -2.14. The minimum Gasteiger partial charge on any atom is -0.388 e. The van der Waals surface area contributed by atoms with E-state index in [4.69, 9.17) is 0 Å². The topological polar surface area (TPSA) is 29.1 Å². The molecule has 0 radical (unpaired) electrons. The van der Waals surface area contributed by atoms with Crippen molar-refractivity contribution in [2.24, 2.45) is 5.92 Å². The summed E-state index contributed by atoms with van der Waals surface area (Å²) in [5, 5.41) is 2.86. The van der Waals surface area contributed by atoms with Gasteiger partial charge in [-0.1, -0.05) is 27.2 Å². The Balaban J connectivity index is 4.53. The molecule has 0 aliphatic carbocycles. The van der Waals surface area contributed by atoms with Gasteiger partial charge in [-0.2, -0.15) is 13.2 Å². The summed E-state index contributed by atoms with van der Waals surface area (Å²) in [6.07, 6.45) is -2.32. The summed E-state index contributed by atoms with van der Waals surface area (Å²) in [6.45, 7) is 6.07. The van der Waals surface area contributed by atoms with E-state index in [-0.39, 0.29) is 5.92 Å². The van der Waals surface area contributed by atoms with E-state index in [2.05, 4.69) is 5.32 Å². The van der Waals surface area contributed by atoms with Crippen molar-refractivity contribution in [2.45, 2.75) is 39.8 Å². The second-order valence-electron chi connectivity index (χ2n) is 3.90. The third kappa shape index (κ3) is 5.78. The second-order valence-corrected chi connectivity index (χ2v) is 3.90. The number of carbonyl (C=O) groups is 1. The molecule has 1 N–H and O–H groups in total. The fourth-order valence-corrected chi connectivity index (χ4v) is 1.05. The highest BCUT2D eigenvalue weighted by atomic mass is 19.4. The van der Waals surface area contributed by atoms with Gasteiger partial charge in [-0.3, -0.25) is 4.79 Å². The van der Waals surface area contributed by atoms with Crippen LogP contribution in [0.4, 0.5) is 13.2 Å². The molecule has 5 heteroatoms. The Morgan fingerprint density at radius 3 is 2.31 bits per heavy atom. The quantitative estimate of drug-likeness (QED) is 0.568. The van der Waals surface area contributed by atoms with Crippen molar-refractivity contribution >= 4 is 5.78 Å². The lowest BCUT2D eigenvalue weighted by atomic mass is 10.1. The van der Waals surface area contributed by atoms with Crippen molar-refractivity contribution in [3.05, 3.63) is 11.8 Å². The minimum atomic E-state index is -4.79. The van der Waals surface area contributed by atoms with E-state index in [0.29, 0.717) is 18.3 Å². The summed E-state index contributed by atoms with van der Waals surface area (Å²) in [7, 11) is 0. The molecule has 0 saturated heterocycles. The number of carbonyl (C=O) groups excluding carboxylic acids is 1. The van der Waals surface area contributed by atoms with Crippen LogP contribution in [0.15, 0.2) is 11.8 Å². The van der Waals surface area contributed by atoms with Crippen LogP contribution in [-0.2, 0) is 4.79 Å². The van der Waals surface area contributed by atoms with Crippen LogP contribution in [0.5, 0.6) is 0 Å². The van der Waals surface area contributed by atoms with Crippen molar-refractivity contribution in [1.82, 2.24) is 5.32 Å². The van der Waals surface area contributed by atoms with Crippen LogP contribution in [0.2, 0.25) is 0 Å². The molecule has 0 aromatic carbocycles. The molecule has 2 nitrogen and oxygen atoms in total. The van der Waals surface area contributed by atoms with Crippen LogP contribution in [0, 0.1) is 5.92 Å². The Hall–Kier alpha value is -1.00. The Morgan fingerprint density at radius 2 is 1.94 bits per heavy atom. The molecule has 0 fully saturated rings. The molecule has 0 aliphatic rings. The zero-order valence-electron chi connectivity index (χ0n) is 9.82. The predicted molar refractivity (Wildman–Crippen MR) is 56.9 cm³/mol. The van der Waals surface area contributed by atoms with Gasteiger partial charge >= 0.3 is 6.18 Å². The molecule has 0 aromatic rings. The van der Waals surface area contributed by atoms with Gasteiger partial charge in [-0.05, 0) is 12.3 Å². The predicted octanol–water partition coefficient (Wildman–Crippen LogP) is 3.05. The molecular formula is C11H18F3NO. The Kier molecular flexibility index (Phi) is 6.14. The normalized spacial score (nSPS) is 13.1. The van der Waals surface area contributed by atoms with Crippen molar-refractivity contribution in [3.63, 3.8) is 0 Å². The second kappa shape index (κ2) is 6.55. The van der Waals surface area contributed by atoms with E-state index < -0.39 is 12.0 Å². The Bertz CT molecular complexity index is 256. The van der Waals surface area contributed by atoms with Crippen LogP contribution in [-0.4, -0.2) is 18.5 Å². The molecule has 0 rings (SSSR count). The van der Waals surface area contributed by atoms with Crippen LogP contribution >= 0.6 is 0 Å². The van der Waals surface area contributed by atoms with Crippen LogP contribution in [0.3, 0.4) is 0 Å². The average Bonchev–Trinajstić information content (AvgIpc) is 2.14. The molecular weight excluding hydrogens is 219 g/mol. The lowest BCUT2D eigenvalue weighted by Crippen LogP contribution is -2.25. The van der Waals surface area contributed by atoms with E-state index in [9.17, 15) is 18.0 Å². The molecule has 0 aliphatic heterocycles. The van der Waals surface area contributed by atoms with Crippen molar-refractivity contribution in [2.75, 3.05) is 6.54 Å². The first-order chi connectivity index (χ1) is 7.29. The lowest BCUT2D eigenvalue weighted by molar-refractivity contribution is -0.165. The van der Waals surface area contributed by atoms with Crippen LogP contribution < -0.4 is 5.32 Å². The number of unbranched alkanes of at least 4 members (excludes halogenated alkanes) is 1. The summed E-state index contributed by atoms with van der Waals surface area (Å²) in [5.74, 6) is -1.93. The number of alkyl halides is 3. The van der Waals surface area contributed by atoms with E-state index in [1.54, 1.807) is 13.8 Å². The smallest absolute Gasteiger partial charge is 0.388 e. The molecule has 0 saturated carbocycles. The maximum atomic E-state index is 12.0. The number of hydrogen-bond acceptors (Lipinski definition) is 2. The number of nitrogens with one attached hydrogen (secondary N) is 1. The fraction of sp³-hybridized carbons (Fsp3) is 0.727. The first-order valence-corrected chi connectivity index (χ1v) is 5.35. The van der Waals surface area contributed by atoms with Gasteiger partial charge in [0, 0.05) is 18.3 Å². The Labute approximate surface area is 93.9 Å². The molecule has 0 amide bonds. The summed E-state index contributed by atoms with van der Waals surface area (Å²) in [6, 6.07) is 0. The number of allylic oxidation sites excluding steroid dienone is 2. The van der Waals surface area contributed by atoms with Gasteiger partial charge in [0.25, 0.3) is 5.78 Å². The van der Waals surface area contributed by atoms with Gasteiger partial charge in [0.05, 0.1) is 0 Å². The highest BCUT2D eigenvalue weighted by Gasteiger charge is 2.36. The highest BCUT2D eigenvalue weighted by Crippen LogP contribution is 2.18. The van der Waals surface area contributed by atoms with Gasteiger partial charge < -0.3 is 5.32 Å². The molecule has 0 atom stereocenters. The largest absolute Gasteiger partial charge is 0.454 e. The Morgan fingerprint density at radius 1 is 1.38 bits per heavy atom. The van der Waals surface area contributed by atoms with Crippen LogP contribution in [0.1, 0.15) is 33.6 Å². The molecule has 0 unspecified atom stereocenters. The summed E-state index contributed by atoms with van der Waals surface area (Å²) in [4.78, 5) is 10.8. The molecule has 16 heavy (non-hydrogen) atoms. The van der Waals surface area contributed by atoms with Gasteiger partial charge in [0.1, 0.15) is 0 Å². The fourth-order valence-electron chi connectivity index (χ4n) is 1.05. The summed E-state index contributed by atoms with van der Waals surface area (Å²) in [5.41, 5.74) is 0.343. The monoisotopic (exact) mass is 237 g/mol. The first-order valence-electron chi connectivity index (χ1n) is 5.35. The molecule has 94 valence electrons. The first kappa shape index (κ1) is 15.0. The summed E-state index contributed by atoms with van der Waals surface area (Å²) >= 11 is 0. The van der Waals surface area contributed by atoms with Gasteiger partial charge in [-0.25, -0.2) is 0 Å². The number of hydrogen-bond donors (Lipinski definition) is 1. The molecule has 0 aromatic heterocycles. The third-order valence-corrected chi connectivity index (χ3v) is 2.05. The van der Waals surface area contributed by atoms with Gasteiger partial charge in [0.15, 0.2) is 0 Å². The van der Waals surface area contributed by atoms with Crippen LogP contribution in [0.25, 0.3) is 0 Å².